The molecular weight excluding hydrogens is 198 g/mol. The van der Waals surface area contributed by atoms with Crippen molar-refractivity contribution in [2.45, 2.75) is 64.8 Å². The minimum absolute atomic E-state index is 0.345. The SMILES string of the molecule is CC(C)C1CCCCC1NCCCCCO. The summed E-state index contributed by atoms with van der Waals surface area (Å²) in [5.41, 5.74) is 0. The molecule has 1 fully saturated rings. The van der Waals surface area contributed by atoms with Crippen LogP contribution in [0.15, 0.2) is 0 Å². The summed E-state index contributed by atoms with van der Waals surface area (Å²) < 4.78 is 0. The van der Waals surface area contributed by atoms with E-state index in [1.54, 1.807) is 0 Å². The van der Waals surface area contributed by atoms with Gasteiger partial charge < -0.3 is 10.4 Å². The van der Waals surface area contributed by atoms with Crippen LogP contribution >= 0.6 is 0 Å². The van der Waals surface area contributed by atoms with Crippen molar-refractivity contribution in [3.8, 4) is 0 Å². The molecule has 1 rings (SSSR count). The third kappa shape index (κ3) is 4.84. The minimum Gasteiger partial charge on any atom is -0.396 e. The molecule has 2 atom stereocenters. The molecule has 0 saturated heterocycles. The molecule has 0 spiro atoms. The number of hydrogen-bond acceptors (Lipinski definition) is 2. The maximum absolute atomic E-state index is 8.71. The fourth-order valence-corrected chi connectivity index (χ4v) is 2.91. The largest absolute Gasteiger partial charge is 0.396 e. The van der Waals surface area contributed by atoms with Gasteiger partial charge >= 0.3 is 0 Å². The predicted octanol–water partition coefficient (Wildman–Crippen LogP) is 2.95. The lowest BCUT2D eigenvalue weighted by molar-refractivity contribution is 0.205. The van der Waals surface area contributed by atoms with Gasteiger partial charge in [-0.1, -0.05) is 26.7 Å². The van der Waals surface area contributed by atoms with Crippen LogP contribution < -0.4 is 5.32 Å². The Morgan fingerprint density at radius 3 is 2.56 bits per heavy atom. The number of unbranched alkanes of at least 4 members (excludes halogenated alkanes) is 2. The Kier molecular flexibility index (Phi) is 7.06. The normalized spacial score (nSPS) is 26.2. The Morgan fingerprint density at radius 1 is 1.12 bits per heavy atom. The summed E-state index contributed by atoms with van der Waals surface area (Å²) in [5, 5.41) is 12.4. The second kappa shape index (κ2) is 8.08. The van der Waals surface area contributed by atoms with Crippen molar-refractivity contribution in [3.05, 3.63) is 0 Å². The molecule has 0 aromatic rings. The third-order valence-corrected chi connectivity index (χ3v) is 3.92. The number of nitrogens with one attached hydrogen (secondary N) is 1. The van der Waals surface area contributed by atoms with E-state index in [0.29, 0.717) is 6.61 Å². The van der Waals surface area contributed by atoms with E-state index in [1.165, 1.54) is 32.1 Å². The lowest BCUT2D eigenvalue weighted by Gasteiger charge is -2.35. The molecule has 16 heavy (non-hydrogen) atoms. The van der Waals surface area contributed by atoms with E-state index < -0.39 is 0 Å². The second-order valence-corrected chi connectivity index (χ2v) is 5.54. The standard InChI is InChI=1S/C14H29NO/c1-12(2)13-8-4-5-9-14(13)15-10-6-3-7-11-16/h12-16H,3-11H2,1-2H3. The van der Waals surface area contributed by atoms with Crippen LogP contribution in [0.5, 0.6) is 0 Å². The number of aliphatic hydroxyl groups excluding tert-OH is 1. The summed E-state index contributed by atoms with van der Waals surface area (Å²) in [7, 11) is 0. The topological polar surface area (TPSA) is 32.3 Å². The Labute approximate surface area is 101 Å². The number of aliphatic hydroxyl groups is 1. The predicted molar refractivity (Wildman–Crippen MR) is 69.5 cm³/mol. The van der Waals surface area contributed by atoms with E-state index >= 15 is 0 Å². The first kappa shape index (κ1) is 14.0. The molecule has 0 aromatic carbocycles. The summed E-state index contributed by atoms with van der Waals surface area (Å²) in [6.07, 6.45) is 8.92. The molecule has 2 unspecified atom stereocenters. The summed E-state index contributed by atoms with van der Waals surface area (Å²) >= 11 is 0. The van der Waals surface area contributed by atoms with E-state index in [9.17, 15) is 0 Å². The van der Waals surface area contributed by atoms with Gasteiger partial charge in [-0.25, -0.2) is 0 Å². The van der Waals surface area contributed by atoms with E-state index in [0.717, 1.165) is 37.3 Å². The van der Waals surface area contributed by atoms with Crippen LogP contribution in [0.1, 0.15) is 58.8 Å². The van der Waals surface area contributed by atoms with Crippen LogP contribution in [0.25, 0.3) is 0 Å². The highest BCUT2D eigenvalue weighted by Crippen LogP contribution is 2.30. The molecule has 1 aliphatic carbocycles. The van der Waals surface area contributed by atoms with Crippen molar-refractivity contribution in [2.75, 3.05) is 13.2 Å². The van der Waals surface area contributed by atoms with Crippen molar-refractivity contribution < 1.29 is 5.11 Å². The van der Waals surface area contributed by atoms with Crippen molar-refractivity contribution in [2.24, 2.45) is 11.8 Å². The zero-order valence-electron chi connectivity index (χ0n) is 11.0. The van der Waals surface area contributed by atoms with Crippen molar-refractivity contribution in [1.82, 2.24) is 5.32 Å². The lowest BCUT2D eigenvalue weighted by Crippen LogP contribution is -2.41. The molecule has 2 N–H and O–H groups in total. The molecule has 2 nitrogen and oxygen atoms in total. The first-order valence-corrected chi connectivity index (χ1v) is 7.10. The molecule has 0 bridgehead atoms. The second-order valence-electron chi connectivity index (χ2n) is 5.54. The number of hydrogen-bond donors (Lipinski definition) is 2. The van der Waals surface area contributed by atoms with Gasteiger partial charge in [-0.2, -0.15) is 0 Å². The van der Waals surface area contributed by atoms with Gasteiger partial charge in [0, 0.05) is 12.6 Å². The molecule has 0 radical (unpaired) electrons. The molecule has 1 aliphatic rings. The monoisotopic (exact) mass is 227 g/mol. The highest BCUT2D eigenvalue weighted by molar-refractivity contribution is 4.82. The lowest BCUT2D eigenvalue weighted by atomic mass is 9.78. The average Bonchev–Trinajstić information content (AvgIpc) is 2.29. The minimum atomic E-state index is 0.345. The highest BCUT2D eigenvalue weighted by atomic mass is 16.2. The van der Waals surface area contributed by atoms with Gasteiger partial charge in [0.25, 0.3) is 0 Å². The summed E-state index contributed by atoms with van der Waals surface area (Å²) in [4.78, 5) is 0. The molecule has 1 saturated carbocycles. The maximum atomic E-state index is 8.71. The Bertz CT molecular complexity index is 170. The van der Waals surface area contributed by atoms with Crippen LogP contribution in [0, 0.1) is 11.8 Å². The fraction of sp³-hybridized carbons (Fsp3) is 1.00. The van der Waals surface area contributed by atoms with Crippen LogP contribution in [-0.4, -0.2) is 24.3 Å². The van der Waals surface area contributed by atoms with Crippen LogP contribution in [0.4, 0.5) is 0 Å². The van der Waals surface area contributed by atoms with Gasteiger partial charge in [-0.15, -0.1) is 0 Å². The van der Waals surface area contributed by atoms with Crippen LogP contribution in [-0.2, 0) is 0 Å². The van der Waals surface area contributed by atoms with Gasteiger partial charge in [0.1, 0.15) is 0 Å². The molecule has 0 heterocycles. The quantitative estimate of drug-likeness (QED) is 0.655. The van der Waals surface area contributed by atoms with E-state index in [2.05, 4.69) is 19.2 Å². The van der Waals surface area contributed by atoms with Gasteiger partial charge in [0.2, 0.25) is 0 Å². The molecular formula is C14H29NO. The molecule has 0 aromatic heterocycles. The Hall–Kier alpha value is -0.0800. The van der Waals surface area contributed by atoms with Gasteiger partial charge in [0.15, 0.2) is 0 Å². The first-order valence-electron chi connectivity index (χ1n) is 7.10. The van der Waals surface area contributed by atoms with Gasteiger partial charge in [0.05, 0.1) is 0 Å². The first-order chi connectivity index (χ1) is 7.75. The van der Waals surface area contributed by atoms with E-state index in [4.69, 9.17) is 5.11 Å². The summed E-state index contributed by atoms with van der Waals surface area (Å²) in [6, 6.07) is 0.753. The molecule has 2 heteroatoms. The summed E-state index contributed by atoms with van der Waals surface area (Å²) in [5.74, 6) is 1.70. The zero-order chi connectivity index (χ0) is 11.8. The zero-order valence-corrected chi connectivity index (χ0v) is 11.0. The Balaban J connectivity index is 2.17. The average molecular weight is 227 g/mol. The summed E-state index contributed by atoms with van der Waals surface area (Å²) in [6.45, 7) is 6.19. The Morgan fingerprint density at radius 2 is 1.88 bits per heavy atom. The van der Waals surface area contributed by atoms with Crippen LogP contribution in [0.3, 0.4) is 0 Å². The van der Waals surface area contributed by atoms with Gasteiger partial charge in [-0.3, -0.25) is 0 Å². The maximum Gasteiger partial charge on any atom is 0.0431 e. The fourth-order valence-electron chi connectivity index (χ4n) is 2.91. The van der Waals surface area contributed by atoms with Crippen molar-refractivity contribution in [1.29, 1.82) is 0 Å². The molecule has 0 amide bonds. The van der Waals surface area contributed by atoms with Crippen LogP contribution in [0.2, 0.25) is 0 Å². The number of rotatable bonds is 7. The highest BCUT2D eigenvalue weighted by Gasteiger charge is 2.26. The molecule has 96 valence electrons. The van der Waals surface area contributed by atoms with Crippen molar-refractivity contribution in [3.63, 3.8) is 0 Å². The van der Waals surface area contributed by atoms with E-state index in [-0.39, 0.29) is 0 Å². The third-order valence-electron chi connectivity index (χ3n) is 3.92. The molecule has 0 aliphatic heterocycles. The smallest absolute Gasteiger partial charge is 0.0431 e. The van der Waals surface area contributed by atoms with Gasteiger partial charge in [-0.05, 0) is 50.5 Å². The van der Waals surface area contributed by atoms with E-state index in [1.807, 2.05) is 0 Å². The van der Waals surface area contributed by atoms with Crippen molar-refractivity contribution >= 4 is 0 Å².